The molecule has 120 valence electrons. The molecule has 7 nitrogen and oxygen atoms in total. The van der Waals surface area contributed by atoms with Gasteiger partial charge in [0.1, 0.15) is 6.04 Å². The van der Waals surface area contributed by atoms with Crippen LogP contribution in [-0.2, 0) is 9.59 Å². The van der Waals surface area contributed by atoms with Crippen LogP contribution in [-0.4, -0.2) is 51.9 Å². The average Bonchev–Trinajstić information content (AvgIpc) is 2.42. The molecular formula is C15H21N3O4. The molecule has 1 aromatic heterocycles. The number of hydrogen-bond acceptors (Lipinski definition) is 4. The van der Waals surface area contributed by atoms with E-state index in [0.29, 0.717) is 11.3 Å². The van der Waals surface area contributed by atoms with Crippen molar-refractivity contribution in [2.24, 2.45) is 0 Å². The number of carbonyl (C=O) groups is 3. The molecule has 0 fully saturated rings. The van der Waals surface area contributed by atoms with Crippen LogP contribution in [0.1, 0.15) is 35.6 Å². The summed E-state index contributed by atoms with van der Waals surface area (Å²) >= 11 is 0. The molecule has 22 heavy (non-hydrogen) atoms. The second-order valence-electron chi connectivity index (χ2n) is 5.08. The molecule has 2 N–H and O–H groups in total. The van der Waals surface area contributed by atoms with Gasteiger partial charge in [-0.15, -0.1) is 0 Å². The van der Waals surface area contributed by atoms with E-state index in [1.165, 1.54) is 18.7 Å². The molecule has 1 aromatic rings. The molecular weight excluding hydrogens is 286 g/mol. The van der Waals surface area contributed by atoms with Crippen molar-refractivity contribution in [1.29, 1.82) is 0 Å². The van der Waals surface area contributed by atoms with Gasteiger partial charge in [-0.1, -0.05) is 0 Å². The lowest BCUT2D eigenvalue weighted by atomic mass is 10.1. The molecule has 0 aliphatic carbocycles. The molecule has 0 bridgehead atoms. The van der Waals surface area contributed by atoms with Gasteiger partial charge in [-0.3, -0.25) is 14.6 Å². The first kappa shape index (κ1) is 17.6. The smallest absolute Gasteiger partial charge is 0.326 e. The van der Waals surface area contributed by atoms with Crippen molar-refractivity contribution in [2.75, 3.05) is 13.1 Å². The minimum absolute atomic E-state index is 0.110. The lowest BCUT2D eigenvalue weighted by Crippen LogP contribution is -2.47. The number of aliphatic carboxylic acids is 1. The summed E-state index contributed by atoms with van der Waals surface area (Å²) in [6.07, 6.45) is 0. The first-order chi connectivity index (χ1) is 10.2. The van der Waals surface area contributed by atoms with E-state index in [-0.39, 0.29) is 19.0 Å². The summed E-state index contributed by atoms with van der Waals surface area (Å²) in [7, 11) is 0. The largest absolute Gasteiger partial charge is 0.480 e. The summed E-state index contributed by atoms with van der Waals surface area (Å²) in [4.78, 5) is 40.2. The zero-order valence-electron chi connectivity index (χ0n) is 13.2. The molecule has 1 rings (SSSR count). The lowest BCUT2D eigenvalue weighted by molar-refractivity contribution is -0.141. The number of nitrogens with one attached hydrogen (secondary N) is 1. The monoisotopic (exact) mass is 307 g/mol. The fourth-order valence-electron chi connectivity index (χ4n) is 2.02. The topological polar surface area (TPSA) is 99.6 Å². The second kappa shape index (κ2) is 7.53. The van der Waals surface area contributed by atoms with E-state index in [1.54, 1.807) is 19.1 Å². The third-order valence-electron chi connectivity index (χ3n) is 3.27. The summed E-state index contributed by atoms with van der Waals surface area (Å²) in [5, 5.41) is 11.7. The quantitative estimate of drug-likeness (QED) is 0.808. The van der Waals surface area contributed by atoms with Gasteiger partial charge in [-0.05, 0) is 32.9 Å². The van der Waals surface area contributed by atoms with Crippen molar-refractivity contribution in [2.45, 2.75) is 33.7 Å². The third-order valence-corrected chi connectivity index (χ3v) is 3.27. The maximum absolute atomic E-state index is 12.6. The standard InChI is InChI=1S/C15H21N3O4/c1-9-5-6-13(10(2)17-9)14(20)18(11(3)15(21)22)8-7-16-12(4)19/h5-6,11H,7-8H2,1-4H3,(H,16,19)(H,21,22). The summed E-state index contributed by atoms with van der Waals surface area (Å²) in [6.45, 7) is 6.62. The number of rotatable bonds is 6. The molecule has 1 unspecified atom stereocenters. The van der Waals surface area contributed by atoms with Gasteiger partial charge in [0.15, 0.2) is 0 Å². The predicted octanol–water partition coefficient (Wildman–Crippen LogP) is 0.750. The molecule has 0 saturated heterocycles. The number of hydrogen-bond donors (Lipinski definition) is 2. The minimum Gasteiger partial charge on any atom is -0.480 e. The van der Waals surface area contributed by atoms with E-state index < -0.39 is 17.9 Å². The zero-order chi connectivity index (χ0) is 16.9. The number of amides is 2. The Hall–Kier alpha value is -2.44. The Morgan fingerprint density at radius 3 is 2.45 bits per heavy atom. The Labute approximate surface area is 129 Å². The van der Waals surface area contributed by atoms with E-state index in [9.17, 15) is 19.5 Å². The Kier molecular flexibility index (Phi) is 6.03. The molecule has 1 atom stereocenters. The van der Waals surface area contributed by atoms with Crippen LogP contribution >= 0.6 is 0 Å². The van der Waals surface area contributed by atoms with Crippen molar-refractivity contribution in [3.63, 3.8) is 0 Å². The second-order valence-corrected chi connectivity index (χ2v) is 5.08. The maximum Gasteiger partial charge on any atom is 0.326 e. The van der Waals surface area contributed by atoms with Crippen LogP contribution in [0.15, 0.2) is 12.1 Å². The van der Waals surface area contributed by atoms with Gasteiger partial charge >= 0.3 is 5.97 Å². The predicted molar refractivity (Wildman–Crippen MR) is 80.5 cm³/mol. The van der Waals surface area contributed by atoms with Crippen molar-refractivity contribution >= 4 is 17.8 Å². The molecule has 0 aliphatic rings. The van der Waals surface area contributed by atoms with Crippen LogP contribution in [0.3, 0.4) is 0 Å². The molecule has 0 radical (unpaired) electrons. The first-order valence-corrected chi connectivity index (χ1v) is 6.96. The summed E-state index contributed by atoms with van der Waals surface area (Å²) in [6, 6.07) is 2.35. The lowest BCUT2D eigenvalue weighted by Gasteiger charge is -2.27. The highest BCUT2D eigenvalue weighted by atomic mass is 16.4. The van der Waals surface area contributed by atoms with E-state index in [4.69, 9.17) is 0 Å². The number of nitrogens with zero attached hydrogens (tertiary/aromatic N) is 2. The summed E-state index contributed by atoms with van der Waals surface area (Å²) < 4.78 is 0. The highest BCUT2D eigenvalue weighted by molar-refractivity contribution is 5.97. The number of aryl methyl sites for hydroxylation is 2. The van der Waals surface area contributed by atoms with E-state index in [2.05, 4.69) is 10.3 Å². The fraction of sp³-hybridized carbons (Fsp3) is 0.467. The van der Waals surface area contributed by atoms with Crippen LogP contribution < -0.4 is 5.32 Å². The van der Waals surface area contributed by atoms with Crippen molar-refractivity contribution < 1.29 is 19.5 Å². The van der Waals surface area contributed by atoms with Gasteiger partial charge in [0.2, 0.25) is 5.91 Å². The fourth-order valence-corrected chi connectivity index (χ4v) is 2.02. The van der Waals surface area contributed by atoms with Gasteiger partial charge in [0.05, 0.1) is 11.3 Å². The van der Waals surface area contributed by atoms with E-state index >= 15 is 0 Å². The molecule has 2 amide bonds. The number of pyridine rings is 1. The highest BCUT2D eigenvalue weighted by Gasteiger charge is 2.27. The minimum atomic E-state index is -1.10. The van der Waals surface area contributed by atoms with Gasteiger partial charge in [0.25, 0.3) is 5.91 Å². The van der Waals surface area contributed by atoms with Crippen LogP contribution in [0.25, 0.3) is 0 Å². The Morgan fingerprint density at radius 2 is 1.95 bits per heavy atom. The summed E-state index contributed by atoms with van der Waals surface area (Å²) in [5.41, 5.74) is 1.69. The first-order valence-electron chi connectivity index (χ1n) is 6.96. The SMILES string of the molecule is CC(=O)NCCN(C(=O)c1ccc(C)nc1C)C(C)C(=O)O. The van der Waals surface area contributed by atoms with Crippen LogP contribution in [0.5, 0.6) is 0 Å². The average molecular weight is 307 g/mol. The maximum atomic E-state index is 12.6. The third kappa shape index (κ3) is 4.54. The van der Waals surface area contributed by atoms with Crippen LogP contribution in [0.4, 0.5) is 0 Å². The Bertz CT molecular complexity index is 586. The van der Waals surface area contributed by atoms with Gasteiger partial charge in [-0.2, -0.15) is 0 Å². The van der Waals surface area contributed by atoms with Crippen LogP contribution in [0.2, 0.25) is 0 Å². The normalized spacial score (nSPS) is 11.6. The summed E-state index contributed by atoms with van der Waals surface area (Å²) in [5.74, 6) is -1.75. The molecule has 0 aromatic carbocycles. The van der Waals surface area contributed by atoms with Crippen molar-refractivity contribution in [3.05, 3.63) is 29.1 Å². The van der Waals surface area contributed by atoms with Gasteiger partial charge < -0.3 is 15.3 Å². The molecule has 0 aliphatic heterocycles. The van der Waals surface area contributed by atoms with Crippen molar-refractivity contribution in [3.8, 4) is 0 Å². The number of carboxylic acid groups (broad SMARTS) is 1. The van der Waals surface area contributed by atoms with Crippen LogP contribution in [0, 0.1) is 13.8 Å². The van der Waals surface area contributed by atoms with Gasteiger partial charge in [-0.25, -0.2) is 4.79 Å². The molecule has 1 heterocycles. The molecule has 0 spiro atoms. The molecule has 0 saturated carbocycles. The highest BCUT2D eigenvalue weighted by Crippen LogP contribution is 2.12. The van der Waals surface area contributed by atoms with Gasteiger partial charge in [0, 0.05) is 25.7 Å². The Morgan fingerprint density at radius 1 is 1.32 bits per heavy atom. The number of carboxylic acids is 1. The number of aromatic nitrogens is 1. The molecule has 7 heteroatoms. The Balaban J connectivity index is 3.00. The van der Waals surface area contributed by atoms with Crippen molar-refractivity contribution in [1.82, 2.24) is 15.2 Å². The number of carbonyl (C=O) groups excluding carboxylic acids is 2. The van der Waals surface area contributed by atoms with E-state index in [0.717, 1.165) is 5.69 Å². The van der Waals surface area contributed by atoms with E-state index in [1.807, 2.05) is 6.92 Å². The zero-order valence-corrected chi connectivity index (χ0v) is 13.2.